The highest BCUT2D eigenvalue weighted by atomic mass is 35.5. The predicted octanol–water partition coefficient (Wildman–Crippen LogP) is 4.77. The highest BCUT2D eigenvalue weighted by molar-refractivity contribution is 7.98. The fourth-order valence-electron chi connectivity index (χ4n) is 2.02. The molecule has 0 saturated heterocycles. The highest BCUT2D eigenvalue weighted by Gasteiger charge is 2.11. The van der Waals surface area contributed by atoms with Crippen molar-refractivity contribution in [2.24, 2.45) is 5.10 Å². The lowest BCUT2D eigenvalue weighted by Crippen LogP contribution is -2.05. The zero-order chi connectivity index (χ0) is 17.6. The van der Waals surface area contributed by atoms with Crippen LogP contribution in [0.25, 0.3) is 0 Å². The molecule has 0 unspecified atom stereocenters. The Kier molecular flexibility index (Phi) is 5.96. The topological polar surface area (TPSA) is 52.3 Å². The van der Waals surface area contributed by atoms with Crippen LogP contribution in [-0.4, -0.2) is 27.3 Å². The maximum Gasteiger partial charge on any atom is 0.211 e. The minimum atomic E-state index is 0.253. The third-order valence-electron chi connectivity index (χ3n) is 3.25. The summed E-state index contributed by atoms with van der Waals surface area (Å²) in [6, 6.07) is 14.8. The molecular formula is C17H14Cl2N4OS. The van der Waals surface area contributed by atoms with Gasteiger partial charge in [-0.15, -0.1) is 10.2 Å². The van der Waals surface area contributed by atoms with Gasteiger partial charge in [0.2, 0.25) is 5.16 Å². The molecule has 0 radical (unpaired) electrons. The molecule has 1 heterocycles. The van der Waals surface area contributed by atoms with Crippen LogP contribution >= 0.6 is 35.0 Å². The van der Waals surface area contributed by atoms with E-state index in [9.17, 15) is 0 Å². The average molecular weight is 393 g/mol. The average Bonchev–Trinajstić information content (AvgIpc) is 3.02. The van der Waals surface area contributed by atoms with Gasteiger partial charge in [-0.3, -0.25) is 0 Å². The standard InChI is InChI=1S/C17H14Cl2N4OS/c1-25-17-22-21-16(11-24-14-5-3-2-4-6-14)23(17)20-10-12-7-8-13(18)9-15(12)19/h2-10H,11H2,1H3/b20-10-. The first-order chi connectivity index (χ1) is 12.2. The molecule has 3 rings (SSSR count). The number of nitrogens with zero attached hydrogens (tertiary/aromatic N) is 4. The molecular weight excluding hydrogens is 379 g/mol. The van der Waals surface area contributed by atoms with Crippen LogP contribution in [0.2, 0.25) is 10.0 Å². The first kappa shape index (κ1) is 17.8. The number of hydrogen-bond acceptors (Lipinski definition) is 5. The SMILES string of the molecule is CSc1nnc(COc2ccccc2)n1/N=C\c1ccc(Cl)cc1Cl. The van der Waals surface area contributed by atoms with E-state index in [4.69, 9.17) is 27.9 Å². The number of para-hydroxylation sites is 1. The van der Waals surface area contributed by atoms with E-state index in [0.717, 1.165) is 11.3 Å². The van der Waals surface area contributed by atoms with Gasteiger partial charge in [-0.1, -0.05) is 59.2 Å². The summed E-state index contributed by atoms with van der Waals surface area (Å²) >= 11 is 13.5. The third kappa shape index (κ3) is 4.54. The zero-order valence-electron chi connectivity index (χ0n) is 13.3. The van der Waals surface area contributed by atoms with E-state index < -0.39 is 0 Å². The van der Waals surface area contributed by atoms with Crippen molar-refractivity contribution < 1.29 is 4.74 Å². The van der Waals surface area contributed by atoms with Gasteiger partial charge in [0, 0.05) is 10.6 Å². The fraction of sp³-hybridized carbons (Fsp3) is 0.118. The van der Waals surface area contributed by atoms with E-state index >= 15 is 0 Å². The predicted molar refractivity (Wildman–Crippen MR) is 102 cm³/mol. The Morgan fingerprint density at radius 2 is 1.96 bits per heavy atom. The molecule has 128 valence electrons. The quantitative estimate of drug-likeness (QED) is 0.447. The summed E-state index contributed by atoms with van der Waals surface area (Å²) in [5, 5.41) is 14.5. The number of aromatic nitrogens is 3. The molecule has 0 atom stereocenters. The molecule has 0 bridgehead atoms. The van der Waals surface area contributed by atoms with Crippen molar-refractivity contribution in [3.05, 3.63) is 70.0 Å². The molecule has 8 heteroatoms. The number of halogens is 2. The van der Waals surface area contributed by atoms with E-state index in [-0.39, 0.29) is 6.61 Å². The minimum absolute atomic E-state index is 0.253. The maximum absolute atomic E-state index is 6.18. The number of benzene rings is 2. The van der Waals surface area contributed by atoms with Crippen LogP contribution in [0.1, 0.15) is 11.4 Å². The van der Waals surface area contributed by atoms with E-state index in [0.29, 0.717) is 21.0 Å². The van der Waals surface area contributed by atoms with Crippen LogP contribution in [0, 0.1) is 0 Å². The molecule has 0 fully saturated rings. The van der Waals surface area contributed by atoms with Crippen molar-refractivity contribution in [1.29, 1.82) is 0 Å². The Bertz CT molecular complexity index is 884. The molecule has 0 amide bonds. The Morgan fingerprint density at radius 1 is 1.16 bits per heavy atom. The summed E-state index contributed by atoms with van der Waals surface area (Å²) in [6.45, 7) is 0.253. The summed E-state index contributed by atoms with van der Waals surface area (Å²) < 4.78 is 7.37. The Labute approximate surface area is 159 Å². The van der Waals surface area contributed by atoms with E-state index in [2.05, 4.69) is 15.3 Å². The fourth-order valence-corrected chi connectivity index (χ4v) is 2.92. The normalized spacial score (nSPS) is 11.2. The summed E-state index contributed by atoms with van der Waals surface area (Å²) in [6.07, 6.45) is 3.56. The lowest BCUT2D eigenvalue weighted by molar-refractivity contribution is 0.290. The zero-order valence-corrected chi connectivity index (χ0v) is 15.6. The third-order valence-corrected chi connectivity index (χ3v) is 4.43. The lowest BCUT2D eigenvalue weighted by atomic mass is 10.2. The molecule has 0 aliphatic rings. The van der Waals surface area contributed by atoms with Crippen LogP contribution in [-0.2, 0) is 6.61 Å². The van der Waals surface area contributed by atoms with E-state index in [1.54, 1.807) is 29.1 Å². The molecule has 0 spiro atoms. The van der Waals surface area contributed by atoms with E-state index in [1.165, 1.54) is 11.8 Å². The molecule has 1 aromatic heterocycles. The van der Waals surface area contributed by atoms with Crippen molar-refractivity contribution in [3.63, 3.8) is 0 Å². The Morgan fingerprint density at radius 3 is 2.68 bits per heavy atom. The molecule has 25 heavy (non-hydrogen) atoms. The smallest absolute Gasteiger partial charge is 0.211 e. The van der Waals surface area contributed by atoms with Crippen molar-refractivity contribution >= 4 is 41.2 Å². The van der Waals surface area contributed by atoms with Crippen molar-refractivity contribution in [3.8, 4) is 5.75 Å². The molecule has 0 saturated carbocycles. The highest BCUT2D eigenvalue weighted by Crippen LogP contribution is 2.20. The lowest BCUT2D eigenvalue weighted by Gasteiger charge is -2.06. The van der Waals surface area contributed by atoms with Crippen LogP contribution in [0.4, 0.5) is 0 Å². The second-order valence-corrected chi connectivity index (χ2v) is 6.54. The van der Waals surface area contributed by atoms with Gasteiger partial charge in [-0.25, -0.2) is 0 Å². The van der Waals surface area contributed by atoms with Gasteiger partial charge in [0.15, 0.2) is 5.82 Å². The summed E-state index contributed by atoms with van der Waals surface area (Å²) in [7, 11) is 0. The summed E-state index contributed by atoms with van der Waals surface area (Å²) in [5.74, 6) is 1.35. The first-order valence-electron chi connectivity index (χ1n) is 7.33. The first-order valence-corrected chi connectivity index (χ1v) is 9.31. The molecule has 0 aliphatic carbocycles. The number of ether oxygens (including phenoxy) is 1. The number of rotatable bonds is 6. The monoisotopic (exact) mass is 392 g/mol. The largest absolute Gasteiger partial charge is 0.486 e. The molecule has 5 nitrogen and oxygen atoms in total. The van der Waals surface area contributed by atoms with Gasteiger partial charge < -0.3 is 4.74 Å². The van der Waals surface area contributed by atoms with Crippen LogP contribution < -0.4 is 4.74 Å². The van der Waals surface area contributed by atoms with Crippen LogP contribution in [0.3, 0.4) is 0 Å². The maximum atomic E-state index is 6.18. The molecule has 2 aromatic carbocycles. The van der Waals surface area contributed by atoms with Gasteiger partial charge >= 0.3 is 0 Å². The number of thioether (sulfide) groups is 1. The summed E-state index contributed by atoms with van der Waals surface area (Å²) in [4.78, 5) is 0. The van der Waals surface area contributed by atoms with Gasteiger partial charge in [-0.05, 0) is 30.5 Å². The van der Waals surface area contributed by atoms with Crippen LogP contribution in [0.15, 0.2) is 58.8 Å². The molecule has 0 N–H and O–H groups in total. The second kappa shape index (κ2) is 8.38. The molecule has 3 aromatic rings. The van der Waals surface area contributed by atoms with Crippen molar-refractivity contribution in [2.75, 3.05) is 6.26 Å². The van der Waals surface area contributed by atoms with Gasteiger partial charge in [-0.2, -0.15) is 9.78 Å². The van der Waals surface area contributed by atoms with Gasteiger partial charge in [0.1, 0.15) is 12.4 Å². The Balaban J connectivity index is 1.82. The second-order valence-electron chi connectivity index (χ2n) is 4.93. The van der Waals surface area contributed by atoms with Gasteiger partial charge in [0.05, 0.1) is 11.2 Å². The van der Waals surface area contributed by atoms with Gasteiger partial charge in [0.25, 0.3) is 0 Å². The van der Waals surface area contributed by atoms with Crippen molar-refractivity contribution in [1.82, 2.24) is 14.9 Å². The number of hydrogen-bond donors (Lipinski definition) is 0. The van der Waals surface area contributed by atoms with Crippen LogP contribution in [0.5, 0.6) is 5.75 Å². The Hall–Kier alpha value is -2.02. The summed E-state index contributed by atoms with van der Waals surface area (Å²) in [5.41, 5.74) is 0.752. The van der Waals surface area contributed by atoms with E-state index in [1.807, 2.05) is 36.6 Å². The van der Waals surface area contributed by atoms with Crippen molar-refractivity contribution in [2.45, 2.75) is 11.8 Å². The molecule has 0 aliphatic heterocycles. The minimum Gasteiger partial charge on any atom is -0.486 e.